The van der Waals surface area contributed by atoms with Gasteiger partial charge in [0.1, 0.15) is 17.5 Å². The number of halogens is 2. The maximum Gasteiger partial charge on any atom is 0.144 e. The van der Waals surface area contributed by atoms with E-state index in [2.05, 4.69) is 11.1 Å². The quantitative estimate of drug-likeness (QED) is 0.476. The number of rotatable bonds is 4. The largest absolute Gasteiger partial charge is 0.299 e. The van der Waals surface area contributed by atoms with Crippen molar-refractivity contribution in [2.24, 2.45) is 16.8 Å². The summed E-state index contributed by atoms with van der Waals surface area (Å²) in [6.45, 7) is 5.90. The zero-order valence-electron chi connectivity index (χ0n) is 18.2. The number of Topliss-reactive ketones (excluding diaryl/α,β-unsaturated/α-hetero) is 1. The first kappa shape index (κ1) is 22.2. The van der Waals surface area contributed by atoms with Gasteiger partial charge in [-0.25, -0.2) is 4.98 Å². The molecule has 2 aliphatic carbocycles. The Morgan fingerprint density at radius 2 is 2.03 bits per heavy atom. The molecule has 4 rings (SSSR count). The molecule has 0 aromatic carbocycles. The molecule has 0 bridgehead atoms. The van der Waals surface area contributed by atoms with Gasteiger partial charge in [-0.15, -0.1) is 11.6 Å². The topological polar surface area (TPSA) is 66.1 Å². The molecule has 0 spiro atoms. The van der Waals surface area contributed by atoms with E-state index in [1.807, 2.05) is 32.9 Å². The molecule has 0 radical (unpaired) electrons. The van der Waals surface area contributed by atoms with Crippen molar-refractivity contribution < 1.29 is 4.79 Å². The lowest BCUT2D eigenvalue weighted by Gasteiger charge is -2.37. The molecule has 3 unspecified atom stereocenters. The van der Waals surface area contributed by atoms with E-state index in [1.165, 1.54) is 6.42 Å². The highest BCUT2D eigenvalue weighted by molar-refractivity contribution is 6.35. The number of aryl methyl sites for hydroxylation is 1. The maximum absolute atomic E-state index is 13.3. The molecule has 1 saturated carbocycles. The Morgan fingerprint density at radius 1 is 1.32 bits per heavy atom. The van der Waals surface area contributed by atoms with E-state index in [-0.39, 0.29) is 23.5 Å². The molecule has 162 valence electrons. The first-order valence-electron chi connectivity index (χ1n) is 11.0. The Hall–Kier alpha value is -1.96. The Morgan fingerprint density at radius 3 is 2.71 bits per heavy atom. The molecule has 0 N–H and O–H groups in total. The van der Waals surface area contributed by atoms with Gasteiger partial charge in [0.2, 0.25) is 0 Å². The predicted molar refractivity (Wildman–Crippen MR) is 125 cm³/mol. The van der Waals surface area contributed by atoms with Gasteiger partial charge in [-0.2, -0.15) is 5.26 Å². The van der Waals surface area contributed by atoms with Crippen molar-refractivity contribution in [1.82, 2.24) is 4.98 Å². The summed E-state index contributed by atoms with van der Waals surface area (Å²) >= 11 is 13.7. The van der Waals surface area contributed by atoms with E-state index < -0.39 is 4.87 Å². The van der Waals surface area contributed by atoms with E-state index in [4.69, 9.17) is 28.2 Å². The van der Waals surface area contributed by atoms with E-state index in [0.29, 0.717) is 17.1 Å². The van der Waals surface area contributed by atoms with E-state index in [9.17, 15) is 10.1 Å². The molecule has 31 heavy (non-hydrogen) atoms. The Labute approximate surface area is 194 Å². The average molecular weight is 456 g/mol. The average Bonchev–Trinajstić information content (AvgIpc) is 3.07. The molecule has 4 nitrogen and oxygen atoms in total. The molecule has 2 heterocycles. The highest BCUT2D eigenvalue weighted by atomic mass is 35.5. The number of carbonyl (C=O) groups excluding carboxylic acids is 1. The van der Waals surface area contributed by atoms with E-state index in [0.717, 1.165) is 53.9 Å². The number of alkyl halides is 1. The maximum atomic E-state index is 13.3. The van der Waals surface area contributed by atoms with Crippen molar-refractivity contribution in [2.45, 2.75) is 70.1 Å². The minimum atomic E-state index is -0.891. The van der Waals surface area contributed by atoms with Gasteiger partial charge < -0.3 is 0 Å². The number of pyridine rings is 1. The smallest absolute Gasteiger partial charge is 0.144 e. The third-order valence-corrected chi connectivity index (χ3v) is 7.88. The first-order chi connectivity index (χ1) is 14.7. The van der Waals surface area contributed by atoms with Crippen LogP contribution in [0.2, 0.25) is 0 Å². The van der Waals surface area contributed by atoms with Crippen LogP contribution in [0.5, 0.6) is 0 Å². The number of hydrogen-bond acceptors (Lipinski definition) is 4. The number of ketones is 1. The Kier molecular flexibility index (Phi) is 6.12. The van der Waals surface area contributed by atoms with Gasteiger partial charge in [-0.1, -0.05) is 43.9 Å². The highest BCUT2D eigenvalue weighted by Crippen LogP contribution is 2.47. The highest BCUT2D eigenvalue weighted by Gasteiger charge is 2.45. The van der Waals surface area contributed by atoms with Crippen LogP contribution in [0.15, 0.2) is 33.8 Å². The summed E-state index contributed by atoms with van der Waals surface area (Å²) in [5, 5.41) is 9.85. The number of aliphatic imine (C=N–C) groups is 1. The lowest BCUT2D eigenvalue weighted by atomic mass is 9.72. The van der Waals surface area contributed by atoms with Gasteiger partial charge >= 0.3 is 0 Å². The summed E-state index contributed by atoms with van der Waals surface area (Å²) in [4.78, 5) is 21.8. The van der Waals surface area contributed by atoms with Crippen LogP contribution in [0.1, 0.15) is 75.2 Å². The second-order valence-corrected chi connectivity index (χ2v) is 10.3. The number of allylic oxidation sites excluding steroid dienone is 4. The fourth-order valence-electron chi connectivity index (χ4n) is 5.11. The van der Waals surface area contributed by atoms with Gasteiger partial charge in [0.15, 0.2) is 0 Å². The molecule has 0 amide bonds. The van der Waals surface area contributed by atoms with Crippen LogP contribution < -0.4 is 0 Å². The van der Waals surface area contributed by atoms with Gasteiger partial charge in [-0.05, 0) is 50.0 Å². The number of aromatic nitrogens is 1. The Bertz CT molecular complexity index is 1060. The minimum Gasteiger partial charge on any atom is -0.299 e. The van der Waals surface area contributed by atoms with Crippen LogP contribution >= 0.6 is 23.2 Å². The van der Waals surface area contributed by atoms with E-state index >= 15 is 0 Å². The van der Waals surface area contributed by atoms with Crippen molar-refractivity contribution in [2.75, 3.05) is 0 Å². The minimum absolute atomic E-state index is 0.0372. The van der Waals surface area contributed by atoms with Crippen LogP contribution in [-0.4, -0.2) is 21.4 Å². The van der Waals surface area contributed by atoms with Crippen molar-refractivity contribution in [3.05, 3.63) is 45.8 Å². The summed E-state index contributed by atoms with van der Waals surface area (Å²) in [7, 11) is 0. The second kappa shape index (κ2) is 8.52. The third-order valence-electron chi connectivity index (χ3n) is 7.06. The molecule has 3 atom stereocenters. The summed E-state index contributed by atoms with van der Waals surface area (Å²) in [6.07, 6.45) is 9.53. The van der Waals surface area contributed by atoms with Crippen molar-refractivity contribution in [3.63, 3.8) is 0 Å². The summed E-state index contributed by atoms with van der Waals surface area (Å²) < 4.78 is 0. The fourth-order valence-corrected chi connectivity index (χ4v) is 5.84. The molecule has 3 aliphatic rings. The molecule has 1 aliphatic heterocycles. The van der Waals surface area contributed by atoms with Crippen molar-refractivity contribution >= 4 is 40.4 Å². The molecule has 1 aromatic heterocycles. The lowest BCUT2D eigenvalue weighted by molar-refractivity contribution is -0.127. The third kappa shape index (κ3) is 3.99. The van der Waals surface area contributed by atoms with E-state index in [1.54, 1.807) is 6.07 Å². The van der Waals surface area contributed by atoms with Gasteiger partial charge in [0.05, 0.1) is 22.2 Å². The summed E-state index contributed by atoms with van der Waals surface area (Å²) in [6, 6.07) is 3.89. The second-order valence-electron chi connectivity index (χ2n) is 9.15. The Balaban J connectivity index is 1.61. The van der Waals surface area contributed by atoms with Crippen LogP contribution in [0.3, 0.4) is 0 Å². The standard InChI is InChI=1S/C25H27Cl2N3O/c1-14-11-17(13-28)29-23-15(2)21(30-22(14)23)12-19-20(26)10-9-18(25(19,3)27)24(31)16-7-5-4-6-8-16/h9-11,15-16,18H,4-8,12H2,1-3H3. The van der Waals surface area contributed by atoms with Crippen LogP contribution in [0.4, 0.5) is 5.69 Å². The monoisotopic (exact) mass is 455 g/mol. The van der Waals surface area contributed by atoms with Gasteiger partial charge in [0, 0.05) is 29.0 Å². The first-order valence-corrected chi connectivity index (χ1v) is 11.8. The van der Waals surface area contributed by atoms with Crippen LogP contribution in [0, 0.1) is 30.1 Å². The summed E-state index contributed by atoms with van der Waals surface area (Å²) in [5.74, 6) is -0.108. The van der Waals surface area contributed by atoms with Crippen molar-refractivity contribution in [1.29, 1.82) is 5.26 Å². The number of nitrogens with zero attached hydrogens (tertiary/aromatic N) is 3. The molecular weight excluding hydrogens is 429 g/mol. The molecule has 6 heteroatoms. The zero-order valence-corrected chi connectivity index (χ0v) is 19.7. The van der Waals surface area contributed by atoms with Crippen molar-refractivity contribution in [3.8, 4) is 6.07 Å². The number of nitriles is 1. The van der Waals surface area contributed by atoms with Crippen LogP contribution in [0.25, 0.3) is 0 Å². The summed E-state index contributed by atoms with van der Waals surface area (Å²) in [5.41, 5.74) is 4.74. The number of hydrogen-bond donors (Lipinski definition) is 0. The fraction of sp³-hybridized carbons (Fsp3) is 0.520. The molecule has 1 aromatic rings. The SMILES string of the molecule is Cc1cc(C#N)nc2c1N=C(CC1=C(Cl)C=CC(C(=O)C3CCCCC3)C1(C)Cl)C2C. The molecule has 0 saturated heterocycles. The van der Waals surface area contributed by atoms with Crippen LogP contribution in [-0.2, 0) is 4.79 Å². The molecule has 1 fully saturated rings. The number of fused-ring (bicyclic) bond motifs is 1. The van der Waals surface area contributed by atoms with Gasteiger partial charge in [0.25, 0.3) is 0 Å². The lowest BCUT2D eigenvalue weighted by Crippen LogP contribution is -2.41. The number of carbonyl (C=O) groups is 1. The normalized spacial score (nSPS) is 28.3. The van der Waals surface area contributed by atoms with Gasteiger partial charge in [-0.3, -0.25) is 9.79 Å². The predicted octanol–water partition coefficient (Wildman–Crippen LogP) is 6.67. The zero-order chi connectivity index (χ0) is 22.3. The molecular formula is C25H27Cl2N3O.